The van der Waals surface area contributed by atoms with E-state index >= 15 is 0 Å². The summed E-state index contributed by atoms with van der Waals surface area (Å²) in [5.74, 6) is 0.204. The molecule has 2 aromatic rings. The van der Waals surface area contributed by atoms with E-state index in [1.54, 1.807) is 12.1 Å². The summed E-state index contributed by atoms with van der Waals surface area (Å²) in [6, 6.07) is 6.98. The number of carbonyl (C=O) groups is 1. The summed E-state index contributed by atoms with van der Waals surface area (Å²) >= 11 is 0. The van der Waals surface area contributed by atoms with Gasteiger partial charge in [-0.1, -0.05) is 63.3 Å². The zero-order valence-electron chi connectivity index (χ0n) is 15.8. The third-order valence-corrected chi connectivity index (χ3v) is 4.89. The molecule has 0 radical (unpaired) electrons. The summed E-state index contributed by atoms with van der Waals surface area (Å²) in [5, 5.41) is 10.9. The first-order valence-corrected chi connectivity index (χ1v) is 9.37. The van der Waals surface area contributed by atoms with E-state index in [0.29, 0.717) is 0 Å². The number of nitrogens with zero attached hydrogens (tertiary/aromatic N) is 2. The summed E-state index contributed by atoms with van der Waals surface area (Å²) < 4.78 is 4.55. The van der Waals surface area contributed by atoms with Crippen LogP contribution in [0.3, 0.4) is 0 Å². The lowest BCUT2D eigenvalue weighted by atomic mass is 10.1. The van der Waals surface area contributed by atoms with Crippen LogP contribution in [0.2, 0.25) is 0 Å². The van der Waals surface area contributed by atoms with Gasteiger partial charge in [-0.25, -0.2) is 9.13 Å². The number of imidazole rings is 1. The topological polar surface area (TPSA) is 48.9 Å². The normalized spacial score (nSPS) is 11.0. The SMILES string of the molecule is CCCCCCCCc1n(C)c(C)c[n+]1Cc1ccc(C(=O)[O-])cc1. The predicted molar refractivity (Wildman–Crippen MR) is 97.3 cm³/mol. The van der Waals surface area contributed by atoms with E-state index in [9.17, 15) is 9.90 Å². The monoisotopic (exact) mass is 342 g/mol. The van der Waals surface area contributed by atoms with E-state index < -0.39 is 5.97 Å². The Kier molecular flexibility index (Phi) is 7.23. The largest absolute Gasteiger partial charge is 0.545 e. The van der Waals surface area contributed by atoms with Crippen molar-refractivity contribution in [2.24, 2.45) is 7.05 Å². The Balaban J connectivity index is 2.00. The average molecular weight is 342 g/mol. The third-order valence-electron chi connectivity index (χ3n) is 4.89. The lowest BCUT2D eigenvalue weighted by Crippen LogP contribution is -2.37. The Bertz CT molecular complexity index is 687. The number of hydrogen-bond acceptors (Lipinski definition) is 2. The van der Waals surface area contributed by atoms with Crippen LogP contribution in [-0.4, -0.2) is 10.5 Å². The maximum absolute atomic E-state index is 10.9. The number of hydrogen-bond donors (Lipinski definition) is 0. The molecular formula is C21H30N2O2. The smallest absolute Gasteiger partial charge is 0.256 e. The van der Waals surface area contributed by atoms with Gasteiger partial charge in [0.1, 0.15) is 18.4 Å². The van der Waals surface area contributed by atoms with Gasteiger partial charge in [-0.15, -0.1) is 0 Å². The van der Waals surface area contributed by atoms with Crippen LogP contribution in [0.5, 0.6) is 0 Å². The van der Waals surface area contributed by atoms with Crippen LogP contribution >= 0.6 is 0 Å². The molecule has 0 aliphatic carbocycles. The van der Waals surface area contributed by atoms with Crippen molar-refractivity contribution >= 4 is 5.97 Å². The minimum Gasteiger partial charge on any atom is -0.545 e. The molecule has 0 N–H and O–H groups in total. The summed E-state index contributed by atoms with van der Waals surface area (Å²) in [4.78, 5) is 10.9. The summed E-state index contributed by atoms with van der Waals surface area (Å²) in [6.45, 7) is 5.13. The van der Waals surface area contributed by atoms with Crippen LogP contribution in [0.15, 0.2) is 30.5 Å². The first-order chi connectivity index (χ1) is 12.0. The zero-order valence-corrected chi connectivity index (χ0v) is 15.8. The van der Waals surface area contributed by atoms with Crippen molar-refractivity contribution in [3.63, 3.8) is 0 Å². The molecule has 136 valence electrons. The lowest BCUT2D eigenvalue weighted by molar-refractivity contribution is -0.695. The molecule has 0 spiro atoms. The van der Waals surface area contributed by atoms with Crippen LogP contribution in [0.4, 0.5) is 0 Å². The van der Waals surface area contributed by atoms with Crippen molar-refractivity contribution in [2.75, 3.05) is 0 Å². The van der Waals surface area contributed by atoms with Crippen LogP contribution in [0, 0.1) is 6.92 Å². The molecule has 0 atom stereocenters. The van der Waals surface area contributed by atoms with Gasteiger partial charge in [0.15, 0.2) is 0 Å². The Hall–Kier alpha value is -2.10. The number of carboxylic acid groups (broad SMARTS) is 1. The van der Waals surface area contributed by atoms with Gasteiger partial charge in [0.2, 0.25) is 0 Å². The minimum atomic E-state index is -1.13. The zero-order chi connectivity index (χ0) is 18.2. The van der Waals surface area contributed by atoms with Gasteiger partial charge in [0, 0.05) is 13.3 Å². The van der Waals surface area contributed by atoms with Crippen LogP contribution < -0.4 is 9.67 Å². The van der Waals surface area contributed by atoms with Gasteiger partial charge < -0.3 is 9.90 Å². The second-order valence-corrected chi connectivity index (χ2v) is 6.88. The molecule has 4 nitrogen and oxygen atoms in total. The Morgan fingerprint density at radius 3 is 2.36 bits per heavy atom. The highest BCUT2D eigenvalue weighted by atomic mass is 16.4. The van der Waals surface area contributed by atoms with E-state index in [0.717, 1.165) is 18.5 Å². The number of carbonyl (C=O) groups excluding carboxylic acids is 1. The maximum atomic E-state index is 10.9. The predicted octanol–water partition coefficient (Wildman–Crippen LogP) is 2.94. The molecule has 1 aromatic carbocycles. The molecule has 25 heavy (non-hydrogen) atoms. The second kappa shape index (κ2) is 9.40. The van der Waals surface area contributed by atoms with Gasteiger partial charge in [0.25, 0.3) is 5.82 Å². The molecule has 4 heteroatoms. The molecule has 1 heterocycles. The Labute approximate surface area is 151 Å². The van der Waals surface area contributed by atoms with E-state index in [4.69, 9.17) is 0 Å². The minimum absolute atomic E-state index is 0.227. The number of aryl methyl sites for hydroxylation is 1. The molecule has 0 saturated heterocycles. The van der Waals surface area contributed by atoms with Crippen molar-refractivity contribution in [3.05, 3.63) is 53.1 Å². The fourth-order valence-electron chi connectivity index (χ4n) is 3.24. The molecule has 0 aliphatic rings. The maximum Gasteiger partial charge on any atom is 0.256 e. The van der Waals surface area contributed by atoms with Crippen molar-refractivity contribution in [1.82, 2.24) is 4.57 Å². The molecule has 0 saturated carbocycles. The van der Waals surface area contributed by atoms with Crippen LogP contribution in [0.25, 0.3) is 0 Å². The summed E-state index contributed by atoms with van der Waals surface area (Å²) in [7, 11) is 2.12. The first kappa shape index (κ1) is 19.2. The lowest BCUT2D eigenvalue weighted by Gasteiger charge is -2.06. The summed E-state index contributed by atoms with van der Waals surface area (Å²) in [5.41, 5.74) is 2.57. The van der Waals surface area contributed by atoms with Gasteiger partial charge in [0.05, 0.1) is 13.0 Å². The number of aromatic nitrogens is 2. The number of rotatable bonds is 10. The number of carboxylic acids is 1. The van der Waals surface area contributed by atoms with Crippen molar-refractivity contribution < 1.29 is 14.5 Å². The number of aromatic carboxylic acids is 1. The Morgan fingerprint density at radius 1 is 1.08 bits per heavy atom. The average Bonchev–Trinajstić information content (AvgIpc) is 2.85. The van der Waals surface area contributed by atoms with E-state index in [-0.39, 0.29) is 5.56 Å². The van der Waals surface area contributed by atoms with Gasteiger partial charge in [-0.05, 0) is 17.5 Å². The van der Waals surface area contributed by atoms with E-state index in [1.807, 2.05) is 12.1 Å². The quantitative estimate of drug-likeness (QED) is 0.492. The number of unbranched alkanes of at least 4 members (excludes halogenated alkanes) is 5. The van der Waals surface area contributed by atoms with Gasteiger partial charge >= 0.3 is 0 Å². The van der Waals surface area contributed by atoms with Crippen molar-refractivity contribution in [3.8, 4) is 0 Å². The van der Waals surface area contributed by atoms with Crippen molar-refractivity contribution in [1.29, 1.82) is 0 Å². The van der Waals surface area contributed by atoms with Gasteiger partial charge in [-0.2, -0.15) is 0 Å². The van der Waals surface area contributed by atoms with E-state index in [1.165, 1.54) is 50.0 Å². The fraction of sp³-hybridized carbons (Fsp3) is 0.524. The molecule has 1 aromatic heterocycles. The molecule has 0 bridgehead atoms. The van der Waals surface area contributed by atoms with Crippen LogP contribution in [0.1, 0.15) is 72.9 Å². The third kappa shape index (κ3) is 5.45. The van der Waals surface area contributed by atoms with Gasteiger partial charge in [-0.3, -0.25) is 0 Å². The fourth-order valence-corrected chi connectivity index (χ4v) is 3.24. The summed E-state index contributed by atoms with van der Waals surface area (Å²) in [6.07, 6.45) is 11.0. The van der Waals surface area contributed by atoms with Crippen molar-refractivity contribution in [2.45, 2.75) is 65.3 Å². The molecule has 0 unspecified atom stereocenters. The standard InChI is InChI=1S/C21H30N2O2/c1-4-5-6-7-8-9-10-20-22(3)17(2)15-23(20)16-18-11-13-19(14-12-18)21(24)25/h11-15H,4-10,16H2,1-3H3. The highest BCUT2D eigenvalue weighted by Gasteiger charge is 2.18. The molecule has 2 rings (SSSR count). The Morgan fingerprint density at radius 2 is 1.72 bits per heavy atom. The molecule has 0 aliphatic heterocycles. The molecular weight excluding hydrogens is 312 g/mol. The van der Waals surface area contributed by atoms with Crippen LogP contribution in [-0.2, 0) is 20.0 Å². The highest BCUT2D eigenvalue weighted by Crippen LogP contribution is 2.11. The molecule has 0 fully saturated rings. The highest BCUT2D eigenvalue weighted by molar-refractivity contribution is 5.85. The van der Waals surface area contributed by atoms with E-state index in [2.05, 4.69) is 36.2 Å². The molecule has 0 amide bonds. The second-order valence-electron chi connectivity index (χ2n) is 6.88. The first-order valence-electron chi connectivity index (χ1n) is 9.37. The number of benzene rings is 1.